The first-order valence-electron chi connectivity index (χ1n) is 7.57. The van der Waals surface area contributed by atoms with Crippen LogP contribution in [0, 0.1) is 0 Å². The maximum Gasteiger partial charge on any atom is 0.254 e. The van der Waals surface area contributed by atoms with Crippen molar-refractivity contribution in [3.05, 3.63) is 65.7 Å². The van der Waals surface area contributed by atoms with Gasteiger partial charge in [-0.1, -0.05) is 36.4 Å². The average molecular weight is 296 g/mol. The van der Waals surface area contributed by atoms with E-state index >= 15 is 0 Å². The fourth-order valence-electron chi connectivity index (χ4n) is 2.77. The highest BCUT2D eigenvalue weighted by molar-refractivity contribution is 5.94. The van der Waals surface area contributed by atoms with Gasteiger partial charge in [-0.15, -0.1) is 0 Å². The van der Waals surface area contributed by atoms with Crippen molar-refractivity contribution in [3.63, 3.8) is 0 Å². The van der Waals surface area contributed by atoms with E-state index in [0.717, 1.165) is 32.7 Å². The van der Waals surface area contributed by atoms with Crippen molar-refractivity contribution in [2.45, 2.75) is 6.54 Å². The minimum Gasteiger partial charge on any atom is -0.508 e. The van der Waals surface area contributed by atoms with E-state index in [-0.39, 0.29) is 11.7 Å². The van der Waals surface area contributed by atoms with E-state index in [0.29, 0.717) is 5.56 Å². The first kappa shape index (κ1) is 14.6. The van der Waals surface area contributed by atoms with Crippen molar-refractivity contribution in [1.82, 2.24) is 9.80 Å². The second-order valence-corrected chi connectivity index (χ2v) is 5.60. The molecule has 3 rings (SSSR count). The predicted molar refractivity (Wildman–Crippen MR) is 85.7 cm³/mol. The number of aromatic hydroxyl groups is 1. The number of nitrogens with zero attached hydrogens (tertiary/aromatic N) is 2. The molecule has 22 heavy (non-hydrogen) atoms. The number of benzene rings is 2. The van der Waals surface area contributed by atoms with Crippen LogP contribution in [0.5, 0.6) is 5.75 Å². The van der Waals surface area contributed by atoms with Gasteiger partial charge in [0.1, 0.15) is 5.75 Å². The van der Waals surface area contributed by atoms with Gasteiger partial charge in [-0.25, -0.2) is 0 Å². The number of carbonyl (C=O) groups excluding carboxylic acids is 1. The molecule has 2 aromatic rings. The molecule has 4 nitrogen and oxygen atoms in total. The lowest BCUT2D eigenvalue weighted by Crippen LogP contribution is -2.48. The van der Waals surface area contributed by atoms with Gasteiger partial charge >= 0.3 is 0 Å². The zero-order valence-electron chi connectivity index (χ0n) is 12.5. The van der Waals surface area contributed by atoms with E-state index in [1.807, 2.05) is 11.0 Å². The second kappa shape index (κ2) is 6.62. The van der Waals surface area contributed by atoms with Gasteiger partial charge in [0.15, 0.2) is 0 Å². The van der Waals surface area contributed by atoms with E-state index in [1.54, 1.807) is 18.2 Å². The average Bonchev–Trinajstić information content (AvgIpc) is 2.56. The summed E-state index contributed by atoms with van der Waals surface area (Å²) in [6.07, 6.45) is 0. The normalized spacial score (nSPS) is 15.7. The third-order valence-corrected chi connectivity index (χ3v) is 4.00. The summed E-state index contributed by atoms with van der Waals surface area (Å²) >= 11 is 0. The number of phenols is 1. The van der Waals surface area contributed by atoms with Crippen molar-refractivity contribution < 1.29 is 9.90 Å². The van der Waals surface area contributed by atoms with Crippen molar-refractivity contribution in [1.29, 1.82) is 0 Å². The molecule has 1 saturated heterocycles. The minimum absolute atomic E-state index is 0.00439. The lowest BCUT2D eigenvalue weighted by atomic mass is 10.1. The summed E-state index contributed by atoms with van der Waals surface area (Å²) in [5, 5.41) is 9.49. The molecule has 1 aliphatic rings. The SMILES string of the molecule is O=C(c1cccc(O)c1)N1CCN(Cc2ccccc2)CC1. The number of rotatable bonds is 3. The van der Waals surface area contributed by atoms with Crippen LogP contribution in [0.25, 0.3) is 0 Å². The molecule has 114 valence electrons. The molecule has 0 spiro atoms. The fraction of sp³-hybridized carbons (Fsp3) is 0.278. The Balaban J connectivity index is 1.56. The molecule has 4 heteroatoms. The minimum atomic E-state index is -0.00439. The standard InChI is InChI=1S/C18H20N2O2/c21-17-8-4-7-16(13-17)18(22)20-11-9-19(10-12-20)14-15-5-2-1-3-6-15/h1-8,13,21H,9-12,14H2. The fourth-order valence-corrected chi connectivity index (χ4v) is 2.77. The summed E-state index contributed by atoms with van der Waals surface area (Å²) in [6, 6.07) is 16.9. The number of carbonyl (C=O) groups is 1. The monoisotopic (exact) mass is 296 g/mol. The lowest BCUT2D eigenvalue weighted by Gasteiger charge is -2.34. The predicted octanol–water partition coefficient (Wildman–Crippen LogP) is 2.35. The Hall–Kier alpha value is -2.33. The van der Waals surface area contributed by atoms with Gasteiger partial charge < -0.3 is 10.0 Å². The quantitative estimate of drug-likeness (QED) is 0.945. The Morgan fingerprint density at radius 3 is 2.36 bits per heavy atom. The number of hydrogen-bond donors (Lipinski definition) is 1. The van der Waals surface area contributed by atoms with Gasteiger partial charge in [0.25, 0.3) is 5.91 Å². The van der Waals surface area contributed by atoms with Crippen LogP contribution in [0.2, 0.25) is 0 Å². The summed E-state index contributed by atoms with van der Waals surface area (Å²) in [7, 11) is 0. The Morgan fingerprint density at radius 2 is 1.68 bits per heavy atom. The highest BCUT2D eigenvalue weighted by Gasteiger charge is 2.22. The van der Waals surface area contributed by atoms with Crippen LogP contribution in [0.15, 0.2) is 54.6 Å². The van der Waals surface area contributed by atoms with Crippen LogP contribution in [0.3, 0.4) is 0 Å². The first-order chi connectivity index (χ1) is 10.7. The summed E-state index contributed by atoms with van der Waals surface area (Å²) < 4.78 is 0. The summed E-state index contributed by atoms with van der Waals surface area (Å²) in [5.74, 6) is 0.129. The summed E-state index contributed by atoms with van der Waals surface area (Å²) in [5.41, 5.74) is 1.85. The van der Waals surface area contributed by atoms with Crippen molar-refractivity contribution in [3.8, 4) is 5.75 Å². The summed E-state index contributed by atoms with van der Waals surface area (Å²) in [6.45, 7) is 4.12. The molecule has 0 radical (unpaired) electrons. The van der Waals surface area contributed by atoms with Gasteiger partial charge in [0, 0.05) is 38.3 Å². The molecule has 1 aliphatic heterocycles. The molecule has 1 N–H and O–H groups in total. The number of hydrogen-bond acceptors (Lipinski definition) is 3. The van der Waals surface area contributed by atoms with Gasteiger partial charge in [-0.2, -0.15) is 0 Å². The van der Waals surface area contributed by atoms with Crippen molar-refractivity contribution >= 4 is 5.91 Å². The topological polar surface area (TPSA) is 43.8 Å². The van der Waals surface area contributed by atoms with Gasteiger partial charge in [-0.3, -0.25) is 9.69 Å². The van der Waals surface area contributed by atoms with E-state index in [2.05, 4.69) is 29.2 Å². The Bertz CT molecular complexity index is 635. The molecule has 1 heterocycles. The summed E-state index contributed by atoms with van der Waals surface area (Å²) in [4.78, 5) is 16.6. The van der Waals surface area contributed by atoms with Crippen molar-refractivity contribution in [2.75, 3.05) is 26.2 Å². The molecule has 1 fully saturated rings. The zero-order valence-corrected chi connectivity index (χ0v) is 12.5. The van der Waals surface area contributed by atoms with Gasteiger partial charge in [0.05, 0.1) is 0 Å². The van der Waals surface area contributed by atoms with E-state index in [4.69, 9.17) is 0 Å². The van der Waals surface area contributed by atoms with E-state index < -0.39 is 0 Å². The van der Waals surface area contributed by atoms with Crippen LogP contribution >= 0.6 is 0 Å². The van der Waals surface area contributed by atoms with Crippen molar-refractivity contribution in [2.24, 2.45) is 0 Å². The molecular weight excluding hydrogens is 276 g/mol. The molecule has 0 aliphatic carbocycles. The third kappa shape index (κ3) is 3.46. The molecule has 0 saturated carbocycles. The molecule has 2 aromatic carbocycles. The number of amides is 1. The Labute approximate surface area is 130 Å². The zero-order chi connectivity index (χ0) is 15.4. The maximum absolute atomic E-state index is 12.4. The molecule has 0 aromatic heterocycles. The molecule has 0 unspecified atom stereocenters. The van der Waals surface area contributed by atoms with E-state index in [1.165, 1.54) is 11.6 Å². The van der Waals surface area contributed by atoms with Gasteiger partial charge in [-0.05, 0) is 23.8 Å². The van der Waals surface area contributed by atoms with Crippen LogP contribution in [-0.4, -0.2) is 47.0 Å². The highest BCUT2D eigenvalue weighted by atomic mass is 16.3. The number of piperazine rings is 1. The Kier molecular flexibility index (Phi) is 4.39. The molecule has 0 atom stereocenters. The first-order valence-corrected chi connectivity index (χ1v) is 7.57. The van der Waals surface area contributed by atoms with E-state index in [9.17, 15) is 9.90 Å². The van der Waals surface area contributed by atoms with Crippen LogP contribution in [0.1, 0.15) is 15.9 Å². The van der Waals surface area contributed by atoms with Crippen LogP contribution in [0.4, 0.5) is 0 Å². The van der Waals surface area contributed by atoms with Crippen LogP contribution < -0.4 is 0 Å². The third-order valence-electron chi connectivity index (χ3n) is 4.00. The second-order valence-electron chi connectivity index (χ2n) is 5.60. The maximum atomic E-state index is 12.4. The Morgan fingerprint density at radius 1 is 0.955 bits per heavy atom. The smallest absolute Gasteiger partial charge is 0.254 e. The molecule has 0 bridgehead atoms. The van der Waals surface area contributed by atoms with Gasteiger partial charge in [0.2, 0.25) is 0 Å². The molecular formula is C18H20N2O2. The largest absolute Gasteiger partial charge is 0.508 e. The lowest BCUT2D eigenvalue weighted by molar-refractivity contribution is 0.0628. The highest BCUT2D eigenvalue weighted by Crippen LogP contribution is 2.15. The van der Waals surface area contributed by atoms with Crippen LogP contribution in [-0.2, 0) is 6.54 Å². The number of phenolic OH excluding ortho intramolecular Hbond substituents is 1. The molecule has 1 amide bonds.